The van der Waals surface area contributed by atoms with E-state index in [2.05, 4.69) is 20.3 Å². The molecule has 8 heteroatoms. The lowest BCUT2D eigenvalue weighted by molar-refractivity contribution is -0.130. The zero-order chi connectivity index (χ0) is 19.3. The van der Waals surface area contributed by atoms with Gasteiger partial charge in [-0.2, -0.15) is 10.2 Å². The zero-order valence-corrected chi connectivity index (χ0v) is 16.1. The van der Waals surface area contributed by atoms with Gasteiger partial charge in [0, 0.05) is 6.42 Å². The number of aromatic nitrogens is 3. The van der Waals surface area contributed by atoms with Crippen molar-refractivity contribution in [2.24, 2.45) is 5.10 Å². The van der Waals surface area contributed by atoms with E-state index in [1.165, 1.54) is 18.1 Å². The normalized spacial score (nSPS) is 16.1. The van der Waals surface area contributed by atoms with Crippen LogP contribution in [-0.4, -0.2) is 44.7 Å². The fourth-order valence-corrected chi connectivity index (χ4v) is 3.72. The number of nitrogens with one attached hydrogen (secondary N) is 1. The molecule has 1 amide bonds. The number of benzene rings is 2. The lowest BCUT2D eigenvalue weighted by Crippen LogP contribution is -2.28. The van der Waals surface area contributed by atoms with Crippen molar-refractivity contribution in [3.05, 3.63) is 72.1 Å². The molecular weight excluding hydrogens is 374 g/mol. The van der Waals surface area contributed by atoms with Crippen LogP contribution in [0.4, 0.5) is 0 Å². The average Bonchev–Trinajstić information content (AvgIpc) is 3.43. The number of aromatic amines is 1. The Labute approximate surface area is 166 Å². The van der Waals surface area contributed by atoms with E-state index in [1.807, 2.05) is 54.6 Å². The number of thioether (sulfide) groups is 1. The van der Waals surface area contributed by atoms with E-state index in [-0.39, 0.29) is 17.7 Å². The molecule has 4 rings (SSSR count). The molecule has 3 aromatic rings. The van der Waals surface area contributed by atoms with Crippen LogP contribution in [0.1, 0.15) is 23.6 Å². The maximum absolute atomic E-state index is 12.9. The van der Waals surface area contributed by atoms with Crippen LogP contribution < -0.4 is 4.74 Å². The fraction of sp³-hybridized carbons (Fsp3) is 0.200. The summed E-state index contributed by atoms with van der Waals surface area (Å²) in [4.78, 5) is 17.0. The summed E-state index contributed by atoms with van der Waals surface area (Å²) in [6, 6.07) is 17.6. The summed E-state index contributed by atoms with van der Waals surface area (Å²) in [5, 5.41) is 13.4. The van der Waals surface area contributed by atoms with Crippen molar-refractivity contribution in [1.82, 2.24) is 20.2 Å². The first kappa shape index (κ1) is 18.2. The van der Waals surface area contributed by atoms with Crippen molar-refractivity contribution < 1.29 is 9.53 Å². The van der Waals surface area contributed by atoms with Gasteiger partial charge in [0.25, 0.3) is 5.91 Å². The Morgan fingerprint density at radius 1 is 1.21 bits per heavy atom. The molecule has 0 saturated carbocycles. The van der Waals surface area contributed by atoms with Crippen molar-refractivity contribution >= 4 is 23.4 Å². The molecule has 2 aromatic carbocycles. The van der Waals surface area contributed by atoms with Gasteiger partial charge >= 0.3 is 0 Å². The maximum atomic E-state index is 12.9. The van der Waals surface area contributed by atoms with Gasteiger partial charge in [0.15, 0.2) is 5.16 Å². The standard InChI is InChI=1S/C20H19N5O2S/c1-27-16-9-7-15(8-10-16)18-11-17(14-5-3-2-4-6-14)24-25(18)19(26)12-28-20-21-13-22-23-20/h2-10,13,18H,11-12H2,1H3,(H,21,22,23)/t18-/m1/s1. The number of hydrazone groups is 1. The topological polar surface area (TPSA) is 83.5 Å². The summed E-state index contributed by atoms with van der Waals surface area (Å²) < 4.78 is 5.25. The number of nitrogens with zero attached hydrogens (tertiary/aromatic N) is 4. The fourth-order valence-electron chi connectivity index (χ4n) is 3.09. The van der Waals surface area contributed by atoms with E-state index in [4.69, 9.17) is 4.74 Å². The van der Waals surface area contributed by atoms with E-state index in [1.54, 1.807) is 12.1 Å². The highest BCUT2D eigenvalue weighted by molar-refractivity contribution is 7.99. The Kier molecular flexibility index (Phi) is 5.38. The van der Waals surface area contributed by atoms with Gasteiger partial charge in [-0.15, -0.1) is 0 Å². The quantitative estimate of drug-likeness (QED) is 0.650. The SMILES string of the molecule is COc1ccc([C@H]2CC(c3ccccc3)=NN2C(=O)CSc2ncn[nH]2)cc1. The third kappa shape index (κ3) is 3.91. The Morgan fingerprint density at radius 3 is 2.68 bits per heavy atom. The van der Waals surface area contributed by atoms with Gasteiger partial charge in [0.1, 0.15) is 12.1 Å². The molecule has 2 heterocycles. The number of amides is 1. The van der Waals surface area contributed by atoms with Gasteiger partial charge in [0.05, 0.1) is 24.6 Å². The first-order chi connectivity index (χ1) is 13.7. The molecule has 28 heavy (non-hydrogen) atoms. The molecule has 1 aliphatic heterocycles. The Hall–Kier alpha value is -3.13. The lowest BCUT2D eigenvalue weighted by Gasteiger charge is -2.22. The molecule has 0 fully saturated rings. The van der Waals surface area contributed by atoms with E-state index in [0.717, 1.165) is 22.6 Å². The molecule has 7 nitrogen and oxygen atoms in total. The van der Waals surface area contributed by atoms with Gasteiger partial charge < -0.3 is 4.74 Å². The number of hydrogen-bond donors (Lipinski definition) is 1. The molecule has 1 aromatic heterocycles. The molecule has 0 bridgehead atoms. The number of carbonyl (C=O) groups is 1. The second-order valence-electron chi connectivity index (χ2n) is 6.22. The highest BCUT2D eigenvalue weighted by atomic mass is 32.2. The predicted molar refractivity (Wildman–Crippen MR) is 107 cm³/mol. The Morgan fingerprint density at radius 2 is 2.00 bits per heavy atom. The molecule has 142 valence electrons. The number of carbonyl (C=O) groups excluding carboxylic acids is 1. The molecule has 0 spiro atoms. The minimum Gasteiger partial charge on any atom is -0.497 e. The van der Waals surface area contributed by atoms with Crippen molar-refractivity contribution in [2.45, 2.75) is 17.6 Å². The summed E-state index contributed by atoms with van der Waals surface area (Å²) in [7, 11) is 1.64. The van der Waals surface area contributed by atoms with Crippen molar-refractivity contribution in [3.8, 4) is 5.75 Å². The zero-order valence-electron chi connectivity index (χ0n) is 15.3. The van der Waals surface area contributed by atoms with Crippen LogP contribution in [0.2, 0.25) is 0 Å². The minimum absolute atomic E-state index is 0.0758. The Bertz CT molecular complexity index is 958. The van der Waals surface area contributed by atoms with Gasteiger partial charge in [0.2, 0.25) is 0 Å². The number of methoxy groups -OCH3 is 1. The number of ether oxygens (including phenoxy) is 1. The molecule has 0 saturated heterocycles. The van der Waals surface area contributed by atoms with E-state index in [9.17, 15) is 4.79 Å². The average molecular weight is 393 g/mol. The Balaban J connectivity index is 1.58. The van der Waals surface area contributed by atoms with Crippen LogP contribution in [0, 0.1) is 0 Å². The molecule has 0 radical (unpaired) electrons. The first-order valence-electron chi connectivity index (χ1n) is 8.81. The van der Waals surface area contributed by atoms with Crippen LogP contribution in [-0.2, 0) is 4.79 Å². The van der Waals surface area contributed by atoms with E-state index in [0.29, 0.717) is 11.6 Å². The van der Waals surface area contributed by atoms with Crippen molar-refractivity contribution in [3.63, 3.8) is 0 Å². The molecule has 1 aliphatic rings. The second kappa shape index (κ2) is 8.26. The van der Waals surface area contributed by atoms with Crippen LogP contribution >= 0.6 is 11.8 Å². The van der Waals surface area contributed by atoms with Gasteiger partial charge in [-0.05, 0) is 23.3 Å². The molecule has 1 atom stereocenters. The van der Waals surface area contributed by atoms with Gasteiger partial charge in [-0.25, -0.2) is 9.99 Å². The smallest absolute Gasteiger partial charge is 0.253 e. The highest BCUT2D eigenvalue weighted by Crippen LogP contribution is 2.34. The summed E-state index contributed by atoms with van der Waals surface area (Å²) in [6.45, 7) is 0. The molecule has 0 unspecified atom stereocenters. The maximum Gasteiger partial charge on any atom is 0.253 e. The van der Waals surface area contributed by atoms with Crippen molar-refractivity contribution in [1.29, 1.82) is 0 Å². The summed E-state index contributed by atoms with van der Waals surface area (Å²) >= 11 is 1.31. The van der Waals surface area contributed by atoms with Crippen LogP contribution in [0.3, 0.4) is 0 Å². The van der Waals surface area contributed by atoms with Crippen molar-refractivity contribution in [2.75, 3.05) is 12.9 Å². The van der Waals surface area contributed by atoms with Crippen LogP contribution in [0.5, 0.6) is 5.75 Å². The van der Waals surface area contributed by atoms with Crippen LogP contribution in [0.15, 0.2) is 71.2 Å². The summed E-state index contributed by atoms with van der Waals surface area (Å²) in [5.41, 5.74) is 2.95. The predicted octanol–water partition coefficient (Wildman–Crippen LogP) is 3.28. The van der Waals surface area contributed by atoms with Gasteiger partial charge in [-0.1, -0.05) is 54.2 Å². The third-order valence-corrected chi connectivity index (χ3v) is 5.36. The molecular formula is C20H19N5O2S. The van der Waals surface area contributed by atoms with Gasteiger partial charge in [-0.3, -0.25) is 9.89 Å². The van der Waals surface area contributed by atoms with E-state index < -0.39 is 0 Å². The lowest BCUT2D eigenvalue weighted by atomic mass is 9.98. The van der Waals surface area contributed by atoms with E-state index >= 15 is 0 Å². The highest BCUT2D eigenvalue weighted by Gasteiger charge is 2.33. The summed E-state index contributed by atoms with van der Waals surface area (Å²) in [6.07, 6.45) is 2.09. The third-order valence-electron chi connectivity index (χ3n) is 4.50. The number of H-pyrrole nitrogens is 1. The van der Waals surface area contributed by atoms with Crippen LogP contribution in [0.25, 0.3) is 0 Å². The molecule has 1 N–H and O–H groups in total. The monoisotopic (exact) mass is 393 g/mol. The second-order valence-corrected chi connectivity index (χ2v) is 7.19. The minimum atomic E-state index is -0.149. The number of hydrogen-bond acceptors (Lipinski definition) is 6. The largest absolute Gasteiger partial charge is 0.497 e. The summed E-state index contributed by atoms with van der Waals surface area (Å²) in [5.74, 6) is 0.936. The molecule has 0 aliphatic carbocycles. The first-order valence-corrected chi connectivity index (χ1v) is 9.80. The number of rotatable bonds is 6.